The van der Waals surface area contributed by atoms with Crippen molar-refractivity contribution < 1.29 is 9.53 Å². The summed E-state index contributed by atoms with van der Waals surface area (Å²) in [6.45, 7) is 8.43. The zero-order valence-electron chi connectivity index (χ0n) is 15.7. The highest BCUT2D eigenvalue weighted by Gasteiger charge is 2.04. The molecule has 2 rings (SSSR count). The molecule has 0 aliphatic carbocycles. The van der Waals surface area contributed by atoms with Crippen molar-refractivity contribution in [1.82, 2.24) is 5.43 Å². The molecule has 0 spiro atoms. The molecule has 0 atom stereocenters. The molecule has 1 amide bonds. The highest BCUT2D eigenvalue weighted by molar-refractivity contribution is 6.30. The zero-order valence-corrected chi connectivity index (χ0v) is 16.5. The summed E-state index contributed by atoms with van der Waals surface area (Å²) < 4.78 is 5.69. The van der Waals surface area contributed by atoms with Crippen molar-refractivity contribution in [3.63, 3.8) is 0 Å². The van der Waals surface area contributed by atoms with E-state index in [0.29, 0.717) is 24.5 Å². The SMILES string of the molecule is CC(=NNC(=O)CCCOc1ccc(Cl)cc1C)c1ccc(C)c(C)c1. The maximum atomic E-state index is 11.9. The van der Waals surface area contributed by atoms with Crippen LogP contribution in [0.25, 0.3) is 0 Å². The fourth-order valence-electron chi connectivity index (χ4n) is 2.42. The van der Waals surface area contributed by atoms with Gasteiger partial charge in [0.25, 0.3) is 0 Å². The predicted molar refractivity (Wildman–Crippen MR) is 107 cm³/mol. The molecule has 0 saturated carbocycles. The summed E-state index contributed by atoms with van der Waals surface area (Å²) in [5, 5.41) is 4.87. The third-order valence-electron chi connectivity index (χ3n) is 4.22. The standard InChI is InChI=1S/C21H25ClN2O2/c1-14-7-8-18(12-15(14)2)17(4)23-24-21(25)6-5-11-26-20-10-9-19(22)13-16(20)3/h7-10,12-13H,5-6,11H2,1-4H3,(H,24,25). The third-order valence-corrected chi connectivity index (χ3v) is 4.45. The summed E-state index contributed by atoms with van der Waals surface area (Å²) in [6.07, 6.45) is 0.975. The molecule has 0 aliphatic heterocycles. The van der Waals surface area contributed by atoms with Crippen molar-refractivity contribution in [3.05, 3.63) is 63.7 Å². The highest BCUT2D eigenvalue weighted by atomic mass is 35.5. The van der Waals surface area contributed by atoms with Crippen molar-refractivity contribution in [2.45, 2.75) is 40.5 Å². The van der Waals surface area contributed by atoms with Crippen LogP contribution in [0.1, 0.15) is 42.0 Å². The van der Waals surface area contributed by atoms with Gasteiger partial charge in [-0.25, -0.2) is 5.43 Å². The van der Waals surface area contributed by atoms with E-state index in [4.69, 9.17) is 16.3 Å². The van der Waals surface area contributed by atoms with Crippen LogP contribution in [0.3, 0.4) is 0 Å². The second-order valence-electron chi connectivity index (χ2n) is 6.39. The number of hydrogen-bond donors (Lipinski definition) is 1. The van der Waals surface area contributed by atoms with E-state index in [9.17, 15) is 4.79 Å². The largest absolute Gasteiger partial charge is 0.493 e. The maximum absolute atomic E-state index is 11.9. The number of aryl methyl sites for hydroxylation is 3. The minimum Gasteiger partial charge on any atom is -0.493 e. The Hall–Kier alpha value is -2.33. The number of nitrogens with zero attached hydrogens (tertiary/aromatic N) is 1. The van der Waals surface area contributed by atoms with Crippen LogP contribution in [0.4, 0.5) is 0 Å². The van der Waals surface area contributed by atoms with Gasteiger partial charge in [-0.3, -0.25) is 4.79 Å². The van der Waals surface area contributed by atoms with Gasteiger partial charge in [-0.15, -0.1) is 0 Å². The molecule has 0 bridgehead atoms. The number of nitrogens with one attached hydrogen (secondary N) is 1. The van der Waals surface area contributed by atoms with Crippen LogP contribution in [0.15, 0.2) is 41.5 Å². The lowest BCUT2D eigenvalue weighted by molar-refractivity contribution is -0.121. The van der Waals surface area contributed by atoms with Gasteiger partial charge in [0.2, 0.25) is 5.91 Å². The molecule has 2 aromatic carbocycles. The topological polar surface area (TPSA) is 50.7 Å². The molecule has 138 valence electrons. The van der Waals surface area contributed by atoms with Crippen molar-refractivity contribution in [3.8, 4) is 5.75 Å². The van der Waals surface area contributed by atoms with Gasteiger partial charge >= 0.3 is 0 Å². The van der Waals surface area contributed by atoms with Gasteiger partial charge in [-0.05, 0) is 80.6 Å². The second kappa shape index (κ2) is 9.39. The first-order valence-electron chi connectivity index (χ1n) is 8.66. The molecule has 4 nitrogen and oxygen atoms in total. The van der Waals surface area contributed by atoms with Crippen LogP contribution >= 0.6 is 11.6 Å². The minimum absolute atomic E-state index is 0.121. The third kappa shape index (κ3) is 5.88. The maximum Gasteiger partial charge on any atom is 0.240 e. The van der Waals surface area contributed by atoms with E-state index in [2.05, 4.69) is 36.5 Å². The van der Waals surface area contributed by atoms with Crippen molar-refractivity contribution in [1.29, 1.82) is 0 Å². The number of carbonyl (C=O) groups is 1. The molecule has 2 aromatic rings. The fourth-order valence-corrected chi connectivity index (χ4v) is 2.65. The first kappa shape index (κ1) is 20.0. The Kier molecular flexibility index (Phi) is 7.22. The Bertz CT molecular complexity index is 816. The molecule has 5 heteroatoms. The molecule has 0 aromatic heterocycles. The number of carbonyl (C=O) groups excluding carboxylic acids is 1. The van der Waals surface area contributed by atoms with Crippen LogP contribution < -0.4 is 10.2 Å². The van der Waals surface area contributed by atoms with E-state index in [1.165, 1.54) is 11.1 Å². The van der Waals surface area contributed by atoms with E-state index >= 15 is 0 Å². The van der Waals surface area contributed by atoms with E-state index < -0.39 is 0 Å². The summed E-state index contributed by atoms with van der Waals surface area (Å²) >= 11 is 5.92. The summed E-state index contributed by atoms with van der Waals surface area (Å²) in [5.74, 6) is 0.669. The van der Waals surface area contributed by atoms with E-state index in [0.717, 1.165) is 22.6 Å². The van der Waals surface area contributed by atoms with Crippen LogP contribution in [0.2, 0.25) is 5.02 Å². The molecule has 0 aliphatic rings. The highest BCUT2D eigenvalue weighted by Crippen LogP contribution is 2.21. The van der Waals surface area contributed by atoms with Crippen molar-refractivity contribution in [2.75, 3.05) is 6.61 Å². The lowest BCUT2D eigenvalue weighted by atomic mass is 10.0. The lowest BCUT2D eigenvalue weighted by Crippen LogP contribution is -2.19. The number of hydrazone groups is 1. The van der Waals surface area contributed by atoms with Gasteiger partial charge < -0.3 is 4.74 Å². The normalized spacial score (nSPS) is 11.3. The summed E-state index contributed by atoms with van der Waals surface area (Å²) in [6, 6.07) is 11.6. The van der Waals surface area contributed by atoms with Crippen molar-refractivity contribution in [2.24, 2.45) is 5.10 Å². The molecule has 0 heterocycles. The number of hydrogen-bond acceptors (Lipinski definition) is 3. The number of halogens is 1. The molecule has 26 heavy (non-hydrogen) atoms. The monoisotopic (exact) mass is 372 g/mol. The molecule has 1 N–H and O–H groups in total. The van der Waals surface area contributed by atoms with Crippen molar-refractivity contribution >= 4 is 23.2 Å². The molecule has 0 fully saturated rings. The van der Waals surface area contributed by atoms with Crippen LogP contribution in [-0.4, -0.2) is 18.2 Å². The zero-order chi connectivity index (χ0) is 19.1. The smallest absolute Gasteiger partial charge is 0.240 e. The number of amides is 1. The Morgan fingerprint density at radius 3 is 2.54 bits per heavy atom. The second-order valence-corrected chi connectivity index (χ2v) is 6.83. The fraction of sp³-hybridized carbons (Fsp3) is 0.333. The molecule has 0 unspecified atom stereocenters. The van der Waals surface area contributed by atoms with E-state index in [1.54, 1.807) is 6.07 Å². The van der Waals surface area contributed by atoms with Crippen LogP contribution in [0, 0.1) is 20.8 Å². The Labute approximate surface area is 160 Å². The van der Waals surface area contributed by atoms with Gasteiger partial charge in [-0.2, -0.15) is 5.10 Å². The van der Waals surface area contributed by atoms with Crippen LogP contribution in [-0.2, 0) is 4.79 Å². The first-order chi connectivity index (χ1) is 12.4. The first-order valence-corrected chi connectivity index (χ1v) is 9.04. The summed E-state index contributed by atoms with van der Waals surface area (Å²) in [5.41, 5.74) is 7.83. The number of benzene rings is 2. The van der Waals surface area contributed by atoms with Crippen LogP contribution in [0.5, 0.6) is 5.75 Å². The molecular weight excluding hydrogens is 348 g/mol. The van der Waals surface area contributed by atoms with Gasteiger partial charge in [-0.1, -0.05) is 23.7 Å². The minimum atomic E-state index is -0.121. The van der Waals surface area contributed by atoms with Gasteiger partial charge in [0.15, 0.2) is 0 Å². The summed E-state index contributed by atoms with van der Waals surface area (Å²) in [4.78, 5) is 11.9. The summed E-state index contributed by atoms with van der Waals surface area (Å²) in [7, 11) is 0. The average Bonchev–Trinajstić information content (AvgIpc) is 2.60. The quantitative estimate of drug-likeness (QED) is 0.424. The van der Waals surface area contributed by atoms with Gasteiger partial charge in [0.05, 0.1) is 12.3 Å². The van der Waals surface area contributed by atoms with Gasteiger partial charge in [0, 0.05) is 11.4 Å². The Morgan fingerprint density at radius 1 is 1.08 bits per heavy atom. The lowest BCUT2D eigenvalue weighted by Gasteiger charge is -2.09. The predicted octanol–water partition coefficient (Wildman–Crippen LogP) is 4.96. The molecular formula is C21H25ClN2O2. The average molecular weight is 373 g/mol. The number of ether oxygens (including phenoxy) is 1. The molecule has 0 radical (unpaired) electrons. The van der Waals surface area contributed by atoms with Gasteiger partial charge in [0.1, 0.15) is 5.75 Å². The van der Waals surface area contributed by atoms with E-state index in [-0.39, 0.29) is 5.91 Å². The number of rotatable bonds is 7. The Balaban J connectivity index is 1.76. The molecule has 0 saturated heterocycles. The Morgan fingerprint density at radius 2 is 1.85 bits per heavy atom. The van der Waals surface area contributed by atoms with E-state index in [1.807, 2.05) is 32.0 Å².